The molecule has 2 rings (SSSR count). The van der Waals surface area contributed by atoms with Crippen LogP contribution in [0.4, 0.5) is 5.69 Å². The molecule has 0 saturated carbocycles. The average Bonchev–Trinajstić information content (AvgIpc) is 2.48. The summed E-state index contributed by atoms with van der Waals surface area (Å²) in [6.45, 7) is 3.94. The molecule has 6 heteroatoms. The predicted molar refractivity (Wildman–Crippen MR) is 85.1 cm³/mol. The van der Waals surface area contributed by atoms with E-state index < -0.39 is 10.0 Å². The third-order valence-corrected chi connectivity index (χ3v) is 5.59. The first-order chi connectivity index (χ1) is 10.1. The molecule has 1 unspecified atom stereocenters. The SMILES string of the molecule is CCNC1CCN(S(=O)(=O)CCCOC)c2ccccc21. The Hall–Kier alpha value is -1.11. The summed E-state index contributed by atoms with van der Waals surface area (Å²) >= 11 is 0. The smallest absolute Gasteiger partial charge is 0.235 e. The number of anilines is 1. The van der Waals surface area contributed by atoms with E-state index in [9.17, 15) is 8.42 Å². The highest BCUT2D eigenvalue weighted by Gasteiger charge is 2.31. The minimum absolute atomic E-state index is 0.126. The average molecular weight is 312 g/mol. The number of sulfonamides is 1. The highest BCUT2D eigenvalue weighted by atomic mass is 32.2. The van der Waals surface area contributed by atoms with Gasteiger partial charge in [0.2, 0.25) is 10.0 Å². The predicted octanol–water partition coefficient (Wildman–Crippen LogP) is 1.91. The van der Waals surface area contributed by atoms with Crippen molar-refractivity contribution in [1.82, 2.24) is 5.32 Å². The molecule has 0 fully saturated rings. The van der Waals surface area contributed by atoms with Crippen LogP contribution in [-0.2, 0) is 14.8 Å². The van der Waals surface area contributed by atoms with E-state index in [-0.39, 0.29) is 11.8 Å². The van der Waals surface area contributed by atoms with Crippen LogP contribution in [0.1, 0.15) is 31.4 Å². The van der Waals surface area contributed by atoms with Gasteiger partial charge >= 0.3 is 0 Å². The number of nitrogens with zero attached hydrogens (tertiary/aromatic N) is 1. The molecular weight excluding hydrogens is 288 g/mol. The fourth-order valence-corrected chi connectivity index (χ4v) is 4.33. The number of hydrogen-bond acceptors (Lipinski definition) is 4. The molecule has 0 aliphatic carbocycles. The van der Waals surface area contributed by atoms with Crippen LogP contribution in [0, 0.1) is 0 Å². The van der Waals surface area contributed by atoms with Gasteiger partial charge in [-0.15, -0.1) is 0 Å². The second-order valence-electron chi connectivity index (χ2n) is 5.19. The number of methoxy groups -OCH3 is 1. The van der Waals surface area contributed by atoms with Crippen LogP contribution in [-0.4, -0.2) is 41.0 Å². The van der Waals surface area contributed by atoms with Crippen molar-refractivity contribution in [2.75, 3.05) is 36.9 Å². The van der Waals surface area contributed by atoms with E-state index in [0.29, 0.717) is 19.6 Å². The second kappa shape index (κ2) is 7.24. The number of fused-ring (bicyclic) bond motifs is 1. The highest BCUT2D eigenvalue weighted by Crippen LogP contribution is 2.35. The van der Waals surface area contributed by atoms with E-state index in [1.807, 2.05) is 24.3 Å². The zero-order chi connectivity index (χ0) is 15.3. The Bertz CT molecular complexity index is 560. The molecule has 1 aromatic rings. The molecule has 1 N–H and O–H groups in total. The van der Waals surface area contributed by atoms with Gasteiger partial charge in [0.1, 0.15) is 0 Å². The normalized spacial score (nSPS) is 18.6. The maximum Gasteiger partial charge on any atom is 0.235 e. The van der Waals surface area contributed by atoms with Crippen LogP contribution in [0.2, 0.25) is 0 Å². The molecule has 1 atom stereocenters. The minimum Gasteiger partial charge on any atom is -0.385 e. The van der Waals surface area contributed by atoms with E-state index in [1.54, 1.807) is 11.4 Å². The van der Waals surface area contributed by atoms with Gasteiger partial charge in [-0.2, -0.15) is 0 Å². The first-order valence-electron chi connectivity index (χ1n) is 7.41. The second-order valence-corrected chi connectivity index (χ2v) is 7.21. The minimum atomic E-state index is -3.28. The zero-order valence-electron chi connectivity index (χ0n) is 12.7. The first kappa shape index (κ1) is 16.3. The summed E-state index contributed by atoms with van der Waals surface area (Å²) in [6, 6.07) is 8.00. The van der Waals surface area contributed by atoms with Crippen LogP contribution in [0.5, 0.6) is 0 Å². The molecule has 0 saturated heterocycles. The lowest BCUT2D eigenvalue weighted by molar-refractivity contribution is 0.199. The molecule has 0 radical (unpaired) electrons. The Kier molecular flexibility index (Phi) is 5.61. The summed E-state index contributed by atoms with van der Waals surface area (Å²) in [5, 5.41) is 3.42. The van der Waals surface area contributed by atoms with Crippen molar-refractivity contribution >= 4 is 15.7 Å². The number of nitrogens with one attached hydrogen (secondary N) is 1. The molecule has 0 aromatic heterocycles. The van der Waals surface area contributed by atoms with Crippen molar-refractivity contribution in [1.29, 1.82) is 0 Å². The summed E-state index contributed by atoms with van der Waals surface area (Å²) in [5.41, 5.74) is 1.88. The number of benzene rings is 1. The van der Waals surface area contributed by atoms with Crippen LogP contribution in [0.25, 0.3) is 0 Å². The van der Waals surface area contributed by atoms with E-state index in [1.165, 1.54) is 0 Å². The van der Waals surface area contributed by atoms with Crippen LogP contribution < -0.4 is 9.62 Å². The van der Waals surface area contributed by atoms with Gasteiger partial charge in [0.15, 0.2) is 0 Å². The van der Waals surface area contributed by atoms with E-state index >= 15 is 0 Å². The van der Waals surface area contributed by atoms with Crippen molar-refractivity contribution in [3.05, 3.63) is 29.8 Å². The molecular formula is C15H24N2O3S. The first-order valence-corrected chi connectivity index (χ1v) is 9.02. The molecule has 1 aromatic carbocycles. The van der Waals surface area contributed by atoms with Crippen molar-refractivity contribution < 1.29 is 13.2 Å². The largest absolute Gasteiger partial charge is 0.385 e. The lowest BCUT2D eigenvalue weighted by atomic mass is 9.98. The highest BCUT2D eigenvalue weighted by molar-refractivity contribution is 7.92. The van der Waals surface area contributed by atoms with Gasteiger partial charge in [-0.1, -0.05) is 25.1 Å². The summed E-state index contributed by atoms with van der Waals surface area (Å²) in [7, 11) is -1.69. The van der Waals surface area contributed by atoms with E-state index in [4.69, 9.17) is 4.74 Å². The summed E-state index contributed by atoms with van der Waals surface area (Å²) in [6.07, 6.45) is 1.32. The monoisotopic (exact) mass is 312 g/mol. The van der Waals surface area contributed by atoms with E-state index in [2.05, 4.69) is 12.2 Å². The quantitative estimate of drug-likeness (QED) is 0.782. The molecule has 118 valence electrons. The van der Waals surface area contributed by atoms with Crippen molar-refractivity contribution in [3.8, 4) is 0 Å². The topological polar surface area (TPSA) is 58.6 Å². The van der Waals surface area contributed by atoms with Gasteiger partial charge in [-0.3, -0.25) is 4.31 Å². The standard InChI is InChI=1S/C15H24N2O3S/c1-3-16-14-9-10-17(15-8-5-4-7-13(14)15)21(18,19)12-6-11-20-2/h4-5,7-8,14,16H,3,6,9-12H2,1-2H3. The fourth-order valence-electron chi connectivity index (χ4n) is 2.77. The Balaban J connectivity index is 2.24. The third kappa shape index (κ3) is 3.75. The number of ether oxygens (including phenoxy) is 1. The lowest BCUT2D eigenvalue weighted by Gasteiger charge is -2.35. The molecule has 1 aliphatic rings. The molecule has 0 amide bonds. The van der Waals surface area contributed by atoms with Crippen LogP contribution >= 0.6 is 0 Å². The van der Waals surface area contributed by atoms with Crippen molar-refractivity contribution in [2.24, 2.45) is 0 Å². The van der Waals surface area contributed by atoms with Gasteiger partial charge in [0, 0.05) is 26.3 Å². The Morgan fingerprint density at radius 2 is 2.14 bits per heavy atom. The molecule has 1 aliphatic heterocycles. The Morgan fingerprint density at radius 1 is 1.38 bits per heavy atom. The van der Waals surface area contributed by atoms with E-state index in [0.717, 1.165) is 24.2 Å². The van der Waals surface area contributed by atoms with Gasteiger partial charge < -0.3 is 10.1 Å². The summed E-state index contributed by atoms with van der Waals surface area (Å²) < 4.78 is 31.6. The lowest BCUT2D eigenvalue weighted by Crippen LogP contribution is -2.40. The van der Waals surface area contributed by atoms with Crippen LogP contribution in [0.15, 0.2) is 24.3 Å². The number of rotatable bonds is 7. The van der Waals surface area contributed by atoms with Gasteiger partial charge in [-0.25, -0.2) is 8.42 Å². The van der Waals surface area contributed by atoms with Crippen molar-refractivity contribution in [2.45, 2.75) is 25.8 Å². The summed E-state index contributed by atoms with van der Waals surface area (Å²) in [4.78, 5) is 0. The molecule has 5 nitrogen and oxygen atoms in total. The maximum atomic E-state index is 12.5. The van der Waals surface area contributed by atoms with Crippen molar-refractivity contribution in [3.63, 3.8) is 0 Å². The maximum absolute atomic E-state index is 12.5. The third-order valence-electron chi connectivity index (χ3n) is 3.74. The fraction of sp³-hybridized carbons (Fsp3) is 0.600. The molecule has 0 bridgehead atoms. The number of para-hydroxylation sites is 1. The molecule has 1 heterocycles. The number of hydrogen-bond donors (Lipinski definition) is 1. The Morgan fingerprint density at radius 3 is 2.86 bits per heavy atom. The molecule has 21 heavy (non-hydrogen) atoms. The van der Waals surface area contributed by atoms with Gasteiger partial charge in [0.25, 0.3) is 0 Å². The van der Waals surface area contributed by atoms with Crippen LogP contribution in [0.3, 0.4) is 0 Å². The Labute approximate surface area is 127 Å². The van der Waals surface area contributed by atoms with Gasteiger partial charge in [0.05, 0.1) is 11.4 Å². The molecule has 0 spiro atoms. The summed E-state index contributed by atoms with van der Waals surface area (Å²) in [5.74, 6) is 0.126. The zero-order valence-corrected chi connectivity index (χ0v) is 13.5. The van der Waals surface area contributed by atoms with Gasteiger partial charge in [-0.05, 0) is 31.0 Å².